The normalized spacial score (nSPS) is 12.2. The van der Waals surface area contributed by atoms with Crippen molar-refractivity contribution in [3.05, 3.63) is 33.6 Å². The molecule has 0 spiro atoms. The third-order valence-electron chi connectivity index (χ3n) is 2.02. The molecule has 18 heavy (non-hydrogen) atoms. The fourth-order valence-corrected chi connectivity index (χ4v) is 2.09. The molecular weight excluding hydrogens is 274 g/mol. The summed E-state index contributed by atoms with van der Waals surface area (Å²) >= 11 is 7.03. The van der Waals surface area contributed by atoms with E-state index in [1.54, 1.807) is 5.38 Å². The van der Waals surface area contributed by atoms with Gasteiger partial charge in [0, 0.05) is 11.4 Å². The van der Waals surface area contributed by atoms with E-state index in [1.165, 1.54) is 23.7 Å². The van der Waals surface area contributed by atoms with E-state index in [-0.39, 0.29) is 17.1 Å². The van der Waals surface area contributed by atoms with Gasteiger partial charge < -0.3 is 11.1 Å². The van der Waals surface area contributed by atoms with E-state index in [1.807, 2.05) is 6.92 Å². The lowest BCUT2D eigenvalue weighted by atomic mass is 10.4. The largest absolute Gasteiger partial charge is 0.322 e. The Labute approximate surface area is 112 Å². The molecule has 1 atom stereocenters. The van der Waals surface area contributed by atoms with Crippen molar-refractivity contribution in [3.8, 4) is 0 Å². The Hall–Kier alpha value is -1.57. The third-order valence-corrected chi connectivity index (χ3v) is 3.27. The SMILES string of the molecule is CC(N)c1nc(C(=O)Nc2cc(Cl)ncn2)cs1. The molecule has 0 bridgehead atoms. The Kier molecular flexibility index (Phi) is 3.85. The first-order valence-corrected chi connectivity index (χ1v) is 6.32. The average molecular weight is 284 g/mol. The molecule has 2 aromatic rings. The van der Waals surface area contributed by atoms with Crippen LogP contribution in [0.2, 0.25) is 5.15 Å². The molecule has 0 aromatic carbocycles. The summed E-state index contributed by atoms with van der Waals surface area (Å²) in [5, 5.41) is 5.20. The summed E-state index contributed by atoms with van der Waals surface area (Å²) in [6, 6.07) is 1.27. The van der Waals surface area contributed by atoms with Gasteiger partial charge in [0.1, 0.15) is 28.0 Å². The minimum atomic E-state index is -0.354. The summed E-state index contributed by atoms with van der Waals surface area (Å²) < 4.78 is 0. The molecule has 6 nitrogen and oxygen atoms in total. The van der Waals surface area contributed by atoms with Crippen LogP contribution in [0.15, 0.2) is 17.8 Å². The lowest BCUT2D eigenvalue weighted by Gasteiger charge is -2.01. The molecule has 2 heterocycles. The zero-order valence-corrected chi connectivity index (χ0v) is 11.0. The van der Waals surface area contributed by atoms with Gasteiger partial charge in [-0.15, -0.1) is 11.3 Å². The number of hydrogen-bond acceptors (Lipinski definition) is 6. The molecule has 94 valence electrons. The summed E-state index contributed by atoms with van der Waals surface area (Å²) in [6.07, 6.45) is 1.27. The molecule has 0 radical (unpaired) electrons. The number of nitrogens with zero attached hydrogens (tertiary/aromatic N) is 3. The van der Waals surface area contributed by atoms with E-state index in [9.17, 15) is 4.79 Å². The van der Waals surface area contributed by atoms with Crippen LogP contribution in [0.1, 0.15) is 28.5 Å². The van der Waals surface area contributed by atoms with Crippen molar-refractivity contribution in [3.63, 3.8) is 0 Å². The number of nitrogens with one attached hydrogen (secondary N) is 1. The fraction of sp³-hybridized carbons (Fsp3) is 0.200. The van der Waals surface area contributed by atoms with Gasteiger partial charge in [0.05, 0.1) is 6.04 Å². The molecule has 1 amide bonds. The summed E-state index contributed by atoms with van der Waals surface area (Å²) in [7, 11) is 0. The number of hydrogen-bond donors (Lipinski definition) is 2. The Morgan fingerprint density at radius 2 is 2.33 bits per heavy atom. The molecular formula is C10H10ClN5OS. The van der Waals surface area contributed by atoms with Gasteiger partial charge in [0.15, 0.2) is 0 Å². The number of amides is 1. The van der Waals surface area contributed by atoms with Crippen LogP contribution >= 0.6 is 22.9 Å². The van der Waals surface area contributed by atoms with E-state index in [0.29, 0.717) is 16.5 Å². The van der Waals surface area contributed by atoms with E-state index in [4.69, 9.17) is 17.3 Å². The van der Waals surface area contributed by atoms with E-state index in [0.717, 1.165) is 0 Å². The first-order valence-electron chi connectivity index (χ1n) is 5.06. The van der Waals surface area contributed by atoms with Crippen molar-refractivity contribution in [1.82, 2.24) is 15.0 Å². The molecule has 2 rings (SSSR count). The number of aromatic nitrogens is 3. The summed E-state index contributed by atoms with van der Waals surface area (Å²) in [5.41, 5.74) is 5.99. The van der Waals surface area contributed by atoms with Crippen LogP contribution in [0, 0.1) is 0 Å². The quantitative estimate of drug-likeness (QED) is 0.839. The molecule has 0 aliphatic rings. The van der Waals surface area contributed by atoms with Gasteiger partial charge in [-0.1, -0.05) is 11.6 Å². The minimum Gasteiger partial charge on any atom is -0.322 e. The highest BCUT2D eigenvalue weighted by Gasteiger charge is 2.13. The average Bonchev–Trinajstić information content (AvgIpc) is 2.78. The Morgan fingerprint density at radius 3 is 2.94 bits per heavy atom. The van der Waals surface area contributed by atoms with Gasteiger partial charge in [0.2, 0.25) is 0 Å². The number of thiazole rings is 1. The van der Waals surface area contributed by atoms with Crippen LogP contribution < -0.4 is 11.1 Å². The van der Waals surface area contributed by atoms with Crippen LogP contribution in [-0.2, 0) is 0 Å². The van der Waals surface area contributed by atoms with Crippen molar-refractivity contribution in [1.29, 1.82) is 0 Å². The first kappa shape index (κ1) is 12.9. The monoisotopic (exact) mass is 283 g/mol. The van der Waals surface area contributed by atoms with Crippen molar-refractivity contribution < 1.29 is 4.79 Å². The summed E-state index contributed by atoms with van der Waals surface area (Å²) in [5.74, 6) is -0.0248. The maximum absolute atomic E-state index is 11.9. The standard InChI is InChI=1S/C10H10ClN5OS/c1-5(12)10-15-6(3-18-10)9(17)16-8-2-7(11)13-4-14-8/h2-5H,12H2,1H3,(H,13,14,16,17). The van der Waals surface area contributed by atoms with Gasteiger partial charge in [-0.3, -0.25) is 4.79 Å². The molecule has 0 aliphatic carbocycles. The van der Waals surface area contributed by atoms with Crippen LogP contribution in [-0.4, -0.2) is 20.9 Å². The maximum atomic E-state index is 11.9. The van der Waals surface area contributed by atoms with Crippen LogP contribution in [0.5, 0.6) is 0 Å². The van der Waals surface area contributed by atoms with Crippen molar-refractivity contribution >= 4 is 34.7 Å². The number of anilines is 1. The second kappa shape index (κ2) is 5.38. The molecule has 0 fully saturated rings. The lowest BCUT2D eigenvalue weighted by Crippen LogP contribution is -2.14. The second-order valence-electron chi connectivity index (χ2n) is 3.54. The second-order valence-corrected chi connectivity index (χ2v) is 4.82. The maximum Gasteiger partial charge on any atom is 0.276 e. The number of nitrogens with two attached hydrogens (primary N) is 1. The molecule has 0 aliphatic heterocycles. The van der Waals surface area contributed by atoms with Gasteiger partial charge in [0.25, 0.3) is 5.91 Å². The number of carbonyl (C=O) groups is 1. The van der Waals surface area contributed by atoms with Crippen molar-refractivity contribution in [2.24, 2.45) is 5.73 Å². The first-order chi connectivity index (χ1) is 8.56. The highest BCUT2D eigenvalue weighted by atomic mass is 35.5. The predicted octanol–water partition coefficient (Wildman–Crippen LogP) is 1.86. The van der Waals surface area contributed by atoms with Crippen LogP contribution in [0.3, 0.4) is 0 Å². The molecule has 0 saturated carbocycles. The van der Waals surface area contributed by atoms with Gasteiger partial charge in [-0.25, -0.2) is 15.0 Å². The van der Waals surface area contributed by atoms with Crippen molar-refractivity contribution in [2.45, 2.75) is 13.0 Å². The Morgan fingerprint density at radius 1 is 1.56 bits per heavy atom. The van der Waals surface area contributed by atoms with Gasteiger partial charge in [-0.05, 0) is 6.92 Å². The van der Waals surface area contributed by atoms with E-state index < -0.39 is 0 Å². The highest BCUT2D eigenvalue weighted by molar-refractivity contribution is 7.09. The minimum absolute atomic E-state index is 0.190. The number of carbonyl (C=O) groups excluding carboxylic acids is 1. The fourth-order valence-electron chi connectivity index (χ4n) is 1.18. The number of halogens is 1. The smallest absolute Gasteiger partial charge is 0.276 e. The third kappa shape index (κ3) is 3.00. The molecule has 8 heteroatoms. The highest BCUT2D eigenvalue weighted by Crippen LogP contribution is 2.17. The lowest BCUT2D eigenvalue weighted by molar-refractivity contribution is 0.102. The summed E-state index contributed by atoms with van der Waals surface area (Å²) in [4.78, 5) is 23.6. The predicted molar refractivity (Wildman–Crippen MR) is 69.7 cm³/mol. The van der Waals surface area contributed by atoms with Crippen LogP contribution in [0.25, 0.3) is 0 Å². The molecule has 0 saturated heterocycles. The number of rotatable bonds is 3. The van der Waals surface area contributed by atoms with Crippen LogP contribution in [0.4, 0.5) is 5.82 Å². The summed E-state index contributed by atoms with van der Waals surface area (Å²) in [6.45, 7) is 1.81. The Balaban J connectivity index is 2.12. The zero-order chi connectivity index (χ0) is 13.1. The zero-order valence-electron chi connectivity index (χ0n) is 9.42. The topological polar surface area (TPSA) is 93.8 Å². The Bertz CT molecular complexity index is 571. The van der Waals surface area contributed by atoms with E-state index in [2.05, 4.69) is 20.3 Å². The van der Waals surface area contributed by atoms with Gasteiger partial charge >= 0.3 is 0 Å². The van der Waals surface area contributed by atoms with Crippen molar-refractivity contribution in [2.75, 3.05) is 5.32 Å². The molecule has 3 N–H and O–H groups in total. The molecule has 1 unspecified atom stereocenters. The molecule has 2 aromatic heterocycles. The van der Waals surface area contributed by atoms with E-state index >= 15 is 0 Å². The van der Waals surface area contributed by atoms with Gasteiger partial charge in [-0.2, -0.15) is 0 Å².